The third kappa shape index (κ3) is 19.7. The van der Waals surface area contributed by atoms with Crippen molar-refractivity contribution in [2.24, 2.45) is 0 Å². The number of aromatic carboxylic acids is 1. The van der Waals surface area contributed by atoms with E-state index in [4.69, 9.17) is 10.5 Å². The van der Waals surface area contributed by atoms with Crippen LogP contribution in [0.3, 0.4) is 0 Å². The minimum Gasteiger partial charge on any atom is -0.476 e. The maximum atomic E-state index is 12.1. The number of aromatic amines is 2. The summed E-state index contributed by atoms with van der Waals surface area (Å²) in [6.07, 6.45) is 48.1. The van der Waals surface area contributed by atoms with Gasteiger partial charge in [0, 0.05) is 154 Å². The maximum Gasteiger partial charge on any atom is 0.463 e. The van der Waals surface area contributed by atoms with E-state index in [1.54, 1.807) is 172 Å². The van der Waals surface area contributed by atoms with E-state index in [9.17, 15) is 42.5 Å². The van der Waals surface area contributed by atoms with Crippen molar-refractivity contribution < 1.29 is 42.5 Å². The standard InChI is InChI=1S/C14H11N4O2P.C13H10N4O.C13H11N2O3P.C13H12N2O2P.C12H12N2OP.C11H10N2/c1-3-11-12(10-4-6-16-7-5-10)8-18(21(2)20)13(11)14(19)17-9-15;1-2-10-11(9-3-5-15-6-4-9)7-16-12(10)13(18)17-8-14;1-3-10-11(9-4-6-14-7-5-9)8-15(19(2)18)12(10)13(16)17;1-3-11-12(10-4-6-14-7-5-10)8-15(18(2)17)13(11)9-16;1-3-10-8-14(16(2)15)9-12(10)11-4-6-13-7-5-11;1-2-9-7-13-8-11(9)10-3-5-12-6-4-10/h3-8H,1H2,2H3;2-7,16H,1H2,(H,17,18);3-8H,1H2,2H3;3-9H,1H2,2H3;3-9H,1H2,2H3;2-8,13H,1H2/q;;;2*+1;/p+2. The predicted octanol–water partition coefficient (Wildman–Crippen LogP) is 17.0. The molecule has 2 amide bonds. The lowest BCUT2D eigenvalue weighted by Crippen LogP contribution is -2.20. The first-order chi connectivity index (χ1) is 50.7. The Morgan fingerprint density at radius 2 is 0.790 bits per heavy atom. The normalized spacial score (nSPS) is 10.6. The fourth-order valence-corrected chi connectivity index (χ4v) is 13.2. The van der Waals surface area contributed by atoms with Crippen LogP contribution in [0.5, 0.6) is 0 Å². The topological polar surface area (TPSA) is 357 Å². The number of carbonyl (C=O) groups is 4. The van der Waals surface area contributed by atoms with E-state index in [1.807, 2.05) is 79.4 Å². The smallest absolute Gasteiger partial charge is 0.463 e. The maximum absolute atomic E-state index is 12.1. The molecule has 0 bridgehead atoms. The van der Waals surface area contributed by atoms with Gasteiger partial charge in [-0.05, 0) is 130 Å². The largest absolute Gasteiger partial charge is 0.476 e. The van der Waals surface area contributed by atoms with Gasteiger partial charge in [0.15, 0.2) is 56.7 Å². The monoisotopic (exact) mass is 1470 g/mol. The Morgan fingerprint density at radius 1 is 0.429 bits per heavy atom. The van der Waals surface area contributed by atoms with Gasteiger partial charge >= 0.3 is 37.8 Å². The fourth-order valence-electron chi connectivity index (χ4n) is 10.4. The summed E-state index contributed by atoms with van der Waals surface area (Å²) < 4.78 is 52.5. The van der Waals surface area contributed by atoms with Crippen LogP contribution >= 0.6 is 31.8 Å². The first-order valence-electron chi connectivity index (χ1n) is 31.0. The molecule has 0 aliphatic carbocycles. The number of rotatable bonds is 20. The molecular weight excluding hydrogens is 1400 g/mol. The lowest BCUT2D eigenvalue weighted by molar-refractivity contribution is 0.0688. The summed E-state index contributed by atoms with van der Waals surface area (Å²) in [5.74, 6) is -2.22. The van der Waals surface area contributed by atoms with Crippen LogP contribution in [-0.2, 0) is 18.3 Å². The fraction of sp³-hybridized carbons (Fsp3) is 0.0526. The molecule has 5 N–H and O–H groups in total. The highest BCUT2D eigenvalue weighted by molar-refractivity contribution is 7.42. The third-order valence-electron chi connectivity index (χ3n) is 15.2. The van der Waals surface area contributed by atoms with Crippen molar-refractivity contribution >= 4 is 92.3 Å². The highest BCUT2D eigenvalue weighted by Crippen LogP contribution is 2.38. The lowest BCUT2D eigenvalue weighted by Gasteiger charge is -2.01. The zero-order valence-corrected chi connectivity index (χ0v) is 60.7. The molecule has 4 unspecified atom stereocenters. The van der Waals surface area contributed by atoms with Crippen molar-refractivity contribution in [1.29, 1.82) is 10.5 Å². The number of pyridine rings is 6. The molecule has 0 spiro atoms. The van der Waals surface area contributed by atoms with Crippen LogP contribution in [-0.4, -0.2) is 113 Å². The number of aldehydes is 1. The molecule has 0 aliphatic heterocycles. The minimum atomic E-state index is -1.82. The van der Waals surface area contributed by atoms with Gasteiger partial charge in [0.05, 0.1) is 31.0 Å². The van der Waals surface area contributed by atoms with E-state index in [-0.39, 0.29) is 11.4 Å². The average molecular weight is 1470 g/mol. The van der Waals surface area contributed by atoms with Crippen molar-refractivity contribution in [3.05, 3.63) is 292 Å². The van der Waals surface area contributed by atoms with E-state index in [2.05, 4.69) is 90.0 Å². The van der Waals surface area contributed by atoms with E-state index in [0.717, 1.165) is 66.8 Å². The summed E-state index contributed by atoms with van der Waals surface area (Å²) >= 11 is 0. The first kappa shape index (κ1) is 78.8. The number of nitrogens with zero attached hydrogens (tertiary/aromatic N) is 12. The SMILES string of the molecule is C=Cc1c(-c2ccncc2)c[nH]c1C(=O)NC#N.C=Cc1c(-c2ccncc2)cn([P+](C)=O)c1C(=O)NC#N.C=Cc1c(-c2ccncc2)cn([P+](C)=O)c1C(=O)O.C=Cc1c(-c2ccncc2)cn([P+](C)=O)c1C=O.C=Cc1c[nH]cc1-c1ccncc1.C=Cc1cn([P+](C)=O)cc1-c1ccncc1. The summed E-state index contributed by atoms with van der Waals surface area (Å²) in [4.78, 5) is 75.8. The number of hydrogen-bond acceptors (Lipinski definition) is 16. The molecule has 0 saturated heterocycles. The predicted molar refractivity (Wildman–Crippen MR) is 413 cm³/mol. The number of carboxylic acids is 1. The number of aromatic nitrogens is 12. The zero-order valence-electron chi connectivity index (χ0n) is 57.1. The first-order valence-corrected chi connectivity index (χ1v) is 37.6. The van der Waals surface area contributed by atoms with E-state index in [1.165, 1.54) is 38.5 Å². The van der Waals surface area contributed by atoms with Crippen LogP contribution in [0.15, 0.2) is 236 Å². The molecule has 12 rings (SSSR count). The van der Waals surface area contributed by atoms with E-state index in [0.29, 0.717) is 51.1 Å². The molecule has 12 aromatic heterocycles. The van der Waals surface area contributed by atoms with Gasteiger partial charge in [-0.15, -0.1) is 17.4 Å². The Bertz CT molecular complexity index is 5290. The van der Waals surface area contributed by atoms with Gasteiger partial charge in [0.25, 0.3) is 11.8 Å². The van der Waals surface area contributed by atoms with Crippen molar-refractivity contribution in [1.82, 2.24) is 67.9 Å². The molecule has 0 aliphatic rings. The van der Waals surface area contributed by atoms with Gasteiger partial charge in [-0.2, -0.15) is 10.5 Å². The Hall–Kier alpha value is -13.5. The number of amides is 2. The van der Waals surface area contributed by atoms with Crippen molar-refractivity contribution in [3.8, 4) is 79.1 Å². The molecule has 522 valence electrons. The molecule has 4 atom stereocenters. The molecule has 105 heavy (non-hydrogen) atoms. The van der Waals surface area contributed by atoms with E-state index < -0.39 is 49.6 Å². The van der Waals surface area contributed by atoms with Gasteiger partial charge < -0.3 is 15.1 Å². The summed E-state index contributed by atoms with van der Waals surface area (Å²) in [7, 11) is -6.66. The van der Waals surface area contributed by atoms with Crippen molar-refractivity contribution in [2.75, 3.05) is 26.7 Å². The highest BCUT2D eigenvalue weighted by atomic mass is 31.1. The number of carboxylic acid groups (broad SMARTS) is 1. The molecule has 0 aromatic carbocycles. The molecule has 0 saturated carbocycles. The number of carbonyl (C=O) groups excluding carboxylic acids is 3. The molecule has 0 fully saturated rings. The summed E-state index contributed by atoms with van der Waals surface area (Å²) in [6, 6.07) is 22.3. The van der Waals surface area contributed by atoms with Crippen molar-refractivity contribution in [2.45, 2.75) is 0 Å². The Kier molecular flexibility index (Phi) is 29.2. The minimum absolute atomic E-state index is 0.00887. The van der Waals surface area contributed by atoms with Gasteiger partial charge in [-0.1, -0.05) is 75.9 Å². The van der Waals surface area contributed by atoms with Crippen LogP contribution < -0.4 is 10.6 Å². The number of hydrogen-bond donors (Lipinski definition) is 5. The van der Waals surface area contributed by atoms with E-state index >= 15 is 0 Å². The second-order valence-corrected chi connectivity index (χ2v) is 26.8. The highest BCUT2D eigenvalue weighted by Gasteiger charge is 2.30. The number of H-pyrrole nitrogens is 2. The van der Waals surface area contributed by atoms with Crippen LogP contribution in [0.25, 0.3) is 103 Å². The van der Waals surface area contributed by atoms with Crippen LogP contribution in [0.4, 0.5) is 0 Å². The van der Waals surface area contributed by atoms with Gasteiger partial charge in [-0.3, -0.25) is 54.9 Å². The molecule has 12 aromatic rings. The third-order valence-corrected chi connectivity index (χ3v) is 18.9. The quantitative estimate of drug-likeness (QED) is 0.0205. The molecule has 0 radical (unpaired) electrons. The summed E-state index contributed by atoms with van der Waals surface area (Å²) in [6.45, 7) is 28.5. The summed E-state index contributed by atoms with van der Waals surface area (Å²) in [5, 5.41) is 30.5. The van der Waals surface area contributed by atoms with Crippen LogP contribution in [0, 0.1) is 22.9 Å². The molecular formula is C76H68N16O9P4+4. The van der Waals surface area contributed by atoms with Gasteiger partial charge in [0.2, 0.25) is 0 Å². The number of nitrogens with one attached hydrogen (secondary N) is 4. The van der Waals surface area contributed by atoms with Crippen molar-refractivity contribution in [3.63, 3.8) is 0 Å². The Labute approximate surface area is 608 Å². The van der Waals surface area contributed by atoms with Crippen LogP contribution in [0.1, 0.15) is 75.3 Å². The Balaban J connectivity index is 0.000000177. The summed E-state index contributed by atoms with van der Waals surface area (Å²) in [5.41, 5.74) is 16.2. The second kappa shape index (κ2) is 38.9. The average Bonchev–Trinajstić information content (AvgIpc) is 1.64. The number of nitriles is 2. The molecule has 29 heteroatoms. The van der Waals surface area contributed by atoms with Gasteiger partial charge in [0.1, 0.15) is 11.4 Å². The lowest BCUT2D eigenvalue weighted by atomic mass is 10.0. The Morgan fingerprint density at radius 3 is 1.16 bits per heavy atom. The van der Waals surface area contributed by atoms with Gasteiger partial charge in [-0.25, -0.2) is 4.79 Å². The second-order valence-electron chi connectivity index (χ2n) is 21.4. The molecule has 25 nitrogen and oxygen atoms in total. The van der Waals surface area contributed by atoms with Crippen LogP contribution in [0.2, 0.25) is 0 Å². The molecule has 12 heterocycles. The zero-order chi connectivity index (χ0) is 76.1.